The van der Waals surface area contributed by atoms with E-state index in [1.165, 1.54) is 4.90 Å². The molecule has 0 saturated heterocycles. The molecule has 0 bridgehead atoms. The molecular formula is C6H8N2O. The fourth-order valence-electron chi connectivity index (χ4n) is 0.401. The summed E-state index contributed by atoms with van der Waals surface area (Å²) in [7, 11) is 0. The zero-order valence-corrected chi connectivity index (χ0v) is 5.08. The monoisotopic (exact) mass is 124 g/mol. The van der Waals surface area contributed by atoms with E-state index in [0.29, 0.717) is 13.0 Å². The third-order valence-corrected chi connectivity index (χ3v) is 0.786. The van der Waals surface area contributed by atoms with Crippen molar-refractivity contribution in [2.45, 2.75) is 0 Å². The summed E-state index contributed by atoms with van der Waals surface area (Å²) in [6, 6.07) is 1.85. The van der Waals surface area contributed by atoms with E-state index in [2.05, 4.69) is 6.58 Å². The molecular weight excluding hydrogens is 116 g/mol. The van der Waals surface area contributed by atoms with Gasteiger partial charge in [-0.3, -0.25) is 4.79 Å². The molecule has 48 valence electrons. The normalized spacial score (nSPS) is 7.44. The van der Waals surface area contributed by atoms with Gasteiger partial charge < -0.3 is 4.90 Å². The summed E-state index contributed by atoms with van der Waals surface area (Å²) in [5, 5.41) is 8.11. The number of hydrogen-bond acceptors (Lipinski definition) is 2. The number of amides is 1. The van der Waals surface area contributed by atoms with Gasteiger partial charge in [0.2, 0.25) is 6.41 Å². The molecule has 0 aliphatic carbocycles. The highest BCUT2D eigenvalue weighted by atomic mass is 16.1. The molecule has 0 aromatic carbocycles. The minimum Gasteiger partial charge on any atom is -0.328 e. The Morgan fingerprint density at radius 1 is 1.78 bits per heavy atom. The second-order valence-electron chi connectivity index (χ2n) is 1.48. The van der Waals surface area contributed by atoms with Gasteiger partial charge in [-0.25, -0.2) is 0 Å². The van der Waals surface area contributed by atoms with E-state index >= 15 is 0 Å². The molecule has 0 aliphatic heterocycles. The molecule has 0 aromatic heterocycles. The average Bonchev–Trinajstić information content (AvgIpc) is 1.88. The van der Waals surface area contributed by atoms with E-state index in [1.807, 2.05) is 6.07 Å². The predicted octanol–water partition coefficient (Wildman–Crippen LogP) is 0.154. The molecule has 0 aliphatic rings. The van der Waals surface area contributed by atoms with Gasteiger partial charge in [0.25, 0.3) is 0 Å². The van der Waals surface area contributed by atoms with Crippen molar-refractivity contribution in [2.75, 3.05) is 13.1 Å². The molecule has 0 unspecified atom stereocenters. The number of hydrogen-bond donors (Lipinski definition) is 0. The van der Waals surface area contributed by atoms with Gasteiger partial charge in [-0.05, 0) is 0 Å². The van der Waals surface area contributed by atoms with E-state index in [-0.39, 0.29) is 6.54 Å². The van der Waals surface area contributed by atoms with Gasteiger partial charge in [-0.2, -0.15) is 5.26 Å². The lowest BCUT2D eigenvalue weighted by atomic mass is 10.5. The van der Waals surface area contributed by atoms with Crippen LogP contribution < -0.4 is 0 Å². The van der Waals surface area contributed by atoms with Gasteiger partial charge in [0.05, 0.1) is 6.07 Å². The maximum absolute atomic E-state index is 10.0. The standard InChI is InChI=1S/C6H8N2O/c1-2-4-8(6-9)5-3-7/h2,6H,1,4-5H2. The largest absolute Gasteiger partial charge is 0.328 e. The van der Waals surface area contributed by atoms with Crippen LogP contribution in [0.15, 0.2) is 12.7 Å². The first-order chi connectivity index (χ1) is 4.35. The van der Waals surface area contributed by atoms with E-state index in [9.17, 15) is 4.79 Å². The number of nitriles is 1. The van der Waals surface area contributed by atoms with Crippen LogP contribution in [-0.4, -0.2) is 24.4 Å². The van der Waals surface area contributed by atoms with Crippen molar-refractivity contribution in [1.29, 1.82) is 5.26 Å². The van der Waals surface area contributed by atoms with Crippen LogP contribution in [0.4, 0.5) is 0 Å². The van der Waals surface area contributed by atoms with Crippen molar-refractivity contribution in [3.8, 4) is 6.07 Å². The molecule has 0 radical (unpaired) electrons. The lowest BCUT2D eigenvalue weighted by Gasteiger charge is -2.07. The Morgan fingerprint density at radius 2 is 2.44 bits per heavy atom. The number of nitrogens with zero attached hydrogens (tertiary/aromatic N) is 2. The zero-order valence-electron chi connectivity index (χ0n) is 5.08. The highest BCUT2D eigenvalue weighted by Gasteiger charge is 1.93. The summed E-state index contributed by atoms with van der Waals surface area (Å²) in [4.78, 5) is 11.3. The Kier molecular flexibility index (Phi) is 4.15. The van der Waals surface area contributed by atoms with Crippen molar-refractivity contribution >= 4 is 6.41 Å². The van der Waals surface area contributed by atoms with Gasteiger partial charge in [-0.1, -0.05) is 6.08 Å². The average molecular weight is 124 g/mol. The number of rotatable bonds is 4. The maximum atomic E-state index is 10.0. The van der Waals surface area contributed by atoms with Crippen molar-refractivity contribution in [3.05, 3.63) is 12.7 Å². The molecule has 0 N–H and O–H groups in total. The summed E-state index contributed by atoms with van der Waals surface area (Å²) in [5.74, 6) is 0. The smallest absolute Gasteiger partial charge is 0.210 e. The Morgan fingerprint density at radius 3 is 2.78 bits per heavy atom. The molecule has 0 atom stereocenters. The van der Waals surface area contributed by atoms with Crippen molar-refractivity contribution in [2.24, 2.45) is 0 Å². The maximum Gasteiger partial charge on any atom is 0.210 e. The quantitative estimate of drug-likeness (QED) is 0.304. The molecule has 0 fully saturated rings. The lowest BCUT2D eigenvalue weighted by molar-refractivity contribution is -0.117. The number of carbonyl (C=O) groups excluding carboxylic acids is 1. The molecule has 3 heteroatoms. The Balaban J connectivity index is 3.56. The molecule has 9 heavy (non-hydrogen) atoms. The van der Waals surface area contributed by atoms with Crippen LogP contribution in [0.25, 0.3) is 0 Å². The number of carbonyl (C=O) groups is 1. The fourth-order valence-corrected chi connectivity index (χ4v) is 0.401. The fraction of sp³-hybridized carbons (Fsp3) is 0.333. The van der Waals surface area contributed by atoms with E-state index in [1.54, 1.807) is 6.08 Å². The van der Waals surface area contributed by atoms with Crippen LogP contribution in [0.1, 0.15) is 0 Å². The SMILES string of the molecule is C=CCN(C=O)CC#N. The van der Waals surface area contributed by atoms with Crippen LogP contribution in [0.2, 0.25) is 0 Å². The van der Waals surface area contributed by atoms with Gasteiger partial charge in [0, 0.05) is 6.54 Å². The Hall–Kier alpha value is -1.30. The van der Waals surface area contributed by atoms with Crippen molar-refractivity contribution < 1.29 is 4.79 Å². The van der Waals surface area contributed by atoms with E-state index in [0.717, 1.165) is 0 Å². The van der Waals surface area contributed by atoms with Crippen LogP contribution in [0.3, 0.4) is 0 Å². The van der Waals surface area contributed by atoms with E-state index < -0.39 is 0 Å². The van der Waals surface area contributed by atoms with Crippen molar-refractivity contribution in [3.63, 3.8) is 0 Å². The molecule has 1 amide bonds. The van der Waals surface area contributed by atoms with Crippen LogP contribution in [-0.2, 0) is 4.79 Å². The van der Waals surface area contributed by atoms with Crippen LogP contribution in [0.5, 0.6) is 0 Å². The molecule has 3 nitrogen and oxygen atoms in total. The Bertz CT molecular complexity index is 136. The van der Waals surface area contributed by atoms with Crippen LogP contribution >= 0.6 is 0 Å². The molecule has 0 aromatic rings. The summed E-state index contributed by atoms with van der Waals surface area (Å²) >= 11 is 0. The predicted molar refractivity (Wildman–Crippen MR) is 33.4 cm³/mol. The third kappa shape index (κ3) is 3.30. The third-order valence-electron chi connectivity index (χ3n) is 0.786. The summed E-state index contributed by atoms with van der Waals surface area (Å²) in [5.41, 5.74) is 0. The summed E-state index contributed by atoms with van der Waals surface area (Å²) in [6.07, 6.45) is 2.20. The highest BCUT2D eigenvalue weighted by molar-refractivity contribution is 5.47. The second kappa shape index (κ2) is 4.85. The van der Waals surface area contributed by atoms with Crippen molar-refractivity contribution in [1.82, 2.24) is 4.90 Å². The van der Waals surface area contributed by atoms with E-state index in [4.69, 9.17) is 5.26 Å². The van der Waals surface area contributed by atoms with Gasteiger partial charge in [-0.15, -0.1) is 6.58 Å². The molecule has 0 saturated carbocycles. The minimum atomic E-state index is 0.134. The Labute approximate surface area is 54.2 Å². The molecule has 0 heterocycles. The first-order valence-corrected chi connectivity index (χ1v) is 2.52. The topological polar surface area (TPSA) is 44.1 Å². The molecule has 0 spiro atoms. The summed E-state index contributed by atoms with van der Waals surface area (Å²) < 4.78 is 0. The van der Waals surface area contributed by atoms with Gasteiger partial charge in [0.1, 0.15) is 6.54 Å². The zero-order chi connectivity index (χ0) is 7.11. The molecule has 0 rings (SSSR count). The first kappa shape index (κ1) is 7.70. The van der Waals surface area contributed by atoms with Crippen LogP contribution in [0, 0.1) is 11.3 Å². The lowest BCUT2D eigenvalue weighted by Crippen LogP contribution is -2.21. The van der Waals surface area contributed by atoms with Gasteiger partial charge in [0.15, 0.2) is 0 Å². The second-order valence-corrected chi connectivity index (χ2v) is 1.48. The highest BCUT2D eigenvalue weighted by Crippen LogP contribution is 1.79. The summed E-state index contributed by atoms with van der Waals surface area (Å²) in [6.45, 7) is 4.00. The first-order valence-electron chi connectivity index (χ1n) is 2.52. The van der Waals surface area contributed by atoms with Gasteiger partial charge >= 0.3 is 0 Å². The minimum absolute atomic E-state index is 0.134.